The van der Waals surface area contributed by atoms with Crippen LogP contribution in [0.4, 0.5) is 10.7 Å². The fourth-order valence-electron chi connectivity index (χ4n) is 4.12. The van der Waals surface area contributed by atoms with Gasteiger partial charge < -0.3 is 39.6 Å². The topological polar surface area (TPSA) is 234 Å². The van der Waals surface area contributed by atoms with E-state index in [1.54, 1.807) is 13.8 Å². The highest BCUT2D eigenvalue weighted by Gasteiger charge is 2.43. The number of amides is 3. The number of aromatic nitrogens is 4. The molecule has 20 heteroatoms. The third-order valence-electron chi connectivity index (χ3n) is 6.46. The smallest absolute Gasteiger partial charge is 0.327 e. The highest BCUT2D eigenvalue weighted by Crippen LogP contribution is 2.57. The van der Waals surface area contributed by atoms with Gasteiger partial charge in [0.15, 0.2) is 17.4 Å². The third-order valence-corrected chi connectivity index (χ3v) is 10.6. The maximum atomic E-state index is 13.9. The molecule has 44 heavy (non-hydrogen) atoms. The van der Waals surface area contributed by atoms with E-state index in [1.807, 2.05) is 0 Å². The van der Waals surface area contributed by atoms with Gasteiger partial charge in [-0.25, -0.2) is 14.9 Å². The molecule has 0 spiro atoms. The summed E-state index contributed by atoms with van der Waals surface area (Å²) in [6, 6.07) is -2.47. The van der Waals surface area contributed by atoms with Gasteiger partial charge in [-0.3, -0.25) is 23.6 Å². The maximum absolute atomic E-state index is 13.9. The van der Waals surface area contributed by atoms with E-state index in [4.69, 9.17) is 24.5 Å². The van der Waals surface area contributed by atoms with Crippen LogP contribution in [0.25, 0.3) is 11.2 Å². The molecule has 18 nitrogen and oxygen atoms in total. The van der Waals surface area contributed by atoms with Crippen LogP contribution in [0, 0.1) is 0 Å². The van der Waals surface area contributed by atoms with E-state index in [0.717, 1.165) is 16.3 Å². The number of aliphatic hydroxyl groups excluding tert-OH is 1. The minimum absolute atomic E-state index is 0.0883. The average molecular weight is 663 g/mol. The number of nitrogens with two attached hydrogens (primary N) is 1. The lowest BCUT2D eigenvalue weighted by molar-refractivity contribution is -0.158. The molecule has 1 fully saturated rings. The quantitative estimate of drug-likeness (QED) is 0.0822. The second-order valence-electron chi connectivity index (χ2n) is 10.4. The number of methoxy groups -OCH3 is 1. The molecule has 0 saturated carbocycles. The van der Waals surface area contributed by atoms with Gasteiger partial charge in [-0.05, 0) is 27.7 Å². The molecule has 3 heterocycles. The van der Waals surface area contributed by atoms with E-state index in [0.29, 0.717) is 0 Å². The van der Waals surface area contributed by atoms with E-state index in [-0.39, 0.29) is 42.0 Å². The van der Waals surface area contributed by atoms with Gasteiger partial charge >= 0.3 is 18.7 Å². The van der Waals surface area contributed by atoms with Crippen molar-refractivity contribution in [3.05, 3.63) is 6.33 Å². The maximum Gasteiger partial charge on any atom is 0.327 e. The van der Waals surface area contributed by atoms with Crippen LogP contribution in [0.5, 0.6) is 5.88 Å². The Kier molecular flexibility index (Phi) is 11.6. The first-order valence-corrected chi connectivity index (χ1v) is 16.7. The number of imide groups is 1. The van der Waals surface area contributed by atoms with Crippen LogP contribution in [-0.2, 0) is 28.2 Å². The first-order valence-electron chi connectivity index (χ1n) is 13.5. The summed E-state index contributed by atoms with van der Waals surface area (Å²) in [7, 11) is 4.17. The molecule has 2 aromatic heterocycles. The van der Waals surface area contributed by atoms with Gasteiger partial charge in [-0.2, -0.15) is 9.97 Å². The molecule has 0 aromatic carbocycles. The predicted octanol–water partition coefficient (Wildman–Crippen LogP) is 0.356. The Morgan fingerprint density at radius 1 is 1.25 bits per heavy atom. The second-order valence-corrected chi connectivity index (χ2v) is 14.7. The highest BCUT2D eigenvalue weighted by atomic mass is 32.7. The summed E-state index contributed by atoms with van der Waals surface area (Å²) < 4.78 is 37.3. The van der Waals surface area contributed by atoms with Gasteiger partial charge in [0.1, 0.15) is 17.7 Å². The summed E-state index contributed by atoms with van der Waals surface area (Å²) in [5, 5.41) is 23.5. The molecule has 0 aliphatic carbocycles. The van der Waals surface area contributed by atoms with Gasteiger partial charge in [0, 0.05) is 19.8 Å². The minimum Gasteiger partial charge on any atom is -0.479 e. The Hall–Kier alpha value is -3.06. The first kappa shape index (κ1) is 35.4. The molecule has 1 aliphatic rings. The molecule has 246 valence electrons. The zero-order valence-electron chi connectivity index (χ0n) is 25.5. The lowest BCUT2D eigenvalue weighted by Gasteiger charge is -2.32. The normalized spacial score (nSPS) is 19.7. The van der Waals surface area contributed by atoms with Crippen molar-refractivity contribution in [2.45, 2.75) is 57.7 Å². The Balaban J connectivity index is 1.79. The lowest BCUT2D eigenvalue weighted by Crippen LogP contribution is -2.42. The molecule has 1 saturated heterocycles. The monoisotopic (exact) mass is 662 g/mol. The number of esters is 1. The van der Waals surface area contributed by atoms with Crippen LogP contribution in [0.3, 0.4) is 0 Å². The van der Waals surface area contributed by atoms with Gasteiger partial charge in [0.05, 0.1) is 39.4 Å². The number of hydrogen-bond donors (Lipinski definition) is 4. The fourth-order valence-corrected chi connectivity index (χ4v) is 8.10. The standard InChI is InChI=1S/C24H39N8O10PS/c1-13(2)42-20(35)14(3)29-43(38,44-10-15-19(34)31(6)23(36)30(15)5)41-9-8-40-21(24(4,37)11-33)32-12-26-16-17(32)27-22(25)28-18(16)39-7/h12-15,21,33,37H,8-11H2,1-7H3,(H,29,38)(H2,25,27,28)/t14-,15?,21+,24+,43-/m0/s1. The number of aliphatic hydroxyl groups is 2. The van der Waals surface area contributed by atoms with Crippen molar-refractivity contribution in [3.63, 3.8) is 0 Å². The number of anilines is 1. The summed E-state index contributed by atoms with van der Waals surface area (Å²) in [6.45, 7) is 0.818. The van der Waals surface area contributed by atoms with Crippen LogP contribution >= 0.6 is 18.1 Å². The Labute approximate surface area is 257 Å². The highest BCUT2D eigenvalue weighted by molar-refractivity contribution is 8.56. The van der Waals surface area contributed by atoms with Crippen molar-refractivity contribution in [3.8, 4) is 5.88 Å². The summed E-state index contributed by atoms with van der Waals surface area (Å²) in [5.41, 5.74) is 4.31. The molecule has 3 amide bonds. The number of hydrogen-bond acceptors (Lipinski definition) is 15. The number of carbonyl (C=O) groups excluding carboxylic acids is 3. The number of rotatable bonds is 16. The number of urea groups is 1. The molecule has 1 aliphatic heterocycles. The molecule has 0 radical (unpaired) electrons. The SMILES string of the molecule is COc1nc(N)nc2c1ncn2[C@H](OCCO[P@@](=O)(N[C@@H](C)C(=O)OC(C)C)SCC1C(=O)N(C)C(=O)N1C)[C@](C)(O)CO. The largest absolute Gasteiger partial charge is 0.479 e. The predicted molar refractivity (Wildman–Crippen MR) is 159 cm³/mol. The molecule has 2 aromatic rings. The van der Waals surface area contributed by atoms with E-state index < -0.39 is 61.3 Å². The van der Waals surface area contributed by atoms with Crippen molar-refractivity contribution in [2.24, 2.45) is 0 Å². The number of ether oxygens (including phenoxy) is 3. The van der Waals surface area contributed by atoms with Gasteiger partial charge in [0.2, 0.25) is 11.8 Å². The van der Waals surface area contributed by atoms with Crippen LogP contribution in [0.1, 0.15) is 33.9 Å². The van der Waals surface area contributed by atoms with Gasteiger partial charge in [0.25, 0.3) is 5.91 Å². The Morgan fingerprint density at radius 2 is 1.93 bits per heavy atom. The molecular weight excluding hydrogens is 623 g/mol. The first-order chi connectivity index (χ1) is 20.5. The molecule has 5 N–H and O–H groups in total. The van der Waals surface area contributed by atoms with Gasteiger partial charge in [-0.15, -0.1) is 0 Å². The number of nitrogens with zero attached hydrogens (tertiary/aromatic N) is 6. The molecular formula is C24H39N8O10PS. The van der Waals surface area contributed by atoms with Crippen molar-refractivity contribution < 1.29 is 47.9 Å². The Morgan fingerprint density at radius 3 is 2.50 bits per heavy atom. The van der Waals surface area contributed by atoms with E-state index in [9.17, 15) is 29.2 Å². The van der Waals surface area contributed by atoms with E-state index >= 15 is 0 Å². The number of likely N-dealkylation sites (N-methyl/N-ethyl adjacent to an activating group) is 2. The van der Waals surface area contributed by atoms with Crippen molar-refractivity contribution in [1.82, 2.24) is 34.4 Å². The van der Waals surface area contributed by atoms with E-state index in [1.165, 1.54) is 50.8 Å². The number of nitrogens with one attached hydrogen (secondary N) is 1. The molecule has 3 rings (SSSR count). The van der Waals surface area contributed by atoms with Crippen molar-refractivity contribution >= 4 is 53.1 Å². The van der Waals surface area contributed by atoms with E-state index in [2.05, 4.69) is 20.0 Å². The summed E-state index contributed by atoms with van der Waals surface area (Å²) in [6.07, 6.45) is -0.406. The molecule has 1 unspecified atom stereocenters. The summed E-state index contributed by atoms with van der Waals surface area (Å²) in [5.74, 6) is -1.29. The van der Waals surface area contributed by atoms with Crippen molar-refractivity contribution in [2.75, 3.05) is 52.5 Å². The lowest BCUT2D eigenvalue weighted by atomic mass is 10.1. The zero-order chi connectivity index (χ0) is 33.0. The van der Waals surface area contributed by atoms with Gasteiger partial charge in [-0.1, -0.05) is 11.4 Å². The number of imidazole rings is 1. The second kappa shape index (κ2) is 14.4. The van der Waals surface area contributed by atoms with Crippen LogP contribution in [0.2, 0.25) is 0 Å². The Bertz CT molecular complexity index is 1410. The number of nitrogen functional groups attached to an aromatic ring is 1. The number of fused-ring (bicyclic) bond motifs is 1. The van der Waals surface area contributed by atoms with Crippen molar-refractivity contribution in [1.29, 1.82) is 0 Å². The third kappa shape index (κ3) is 7.96. The average Bonchev–Trinajstić information content (AvgIpc) is 3.45. The minimum atomic E-state index is -3.95. The molecule has 0 bridgehead atoms. The van der Waals surface area contributed by atoms with Crippen LogP contribution in [0.15, 0.2) is 6.33 Å². The molecule has 5 atom stereocenters. The zero-order valence-corrected chi connectivity index (χ0v) is 27.2. The summed E-state index contributed by atoms with van der Waals surface area (Å²) >= 11 is 0.740. The summed E-state index contributed by atoms with van der Waals surface area (Å²) in [4.78, 5) is 51.7. The van der Waals surface area contributed by atoms with Crippen LogP contribution < -0.4 is 15.6 Å². The van der Waals surface area contributed by atoms with Crippen LogP contribution in [-0.4, -0.2) is 128 Å². The fraction of sp³-hybridized carbons (Fsp3) is 0.667. The number of carbonyl (C=O) groups is 3.